The molecule has 1 unspecified atom stereocenters. The zero-order valence-electron chi connectivity index (χ0n) is 22.7. The van der Waals surface area contributed by atoms with Gasteiger partial charge in [0.05, 0.1) is 31.5 Å². The van der Waals surface area contributed by atoms with Crippen LogP contribution in [-0.2, 0) is 17.7 Å². The molecule has 2 fully saturated rings. The van der Waals surface area contributed by atoms with Crippen molar-refractivity contribution in [1.29, 1.82) is 0 Å². The number of benzene rings is 1. The Labute approximate surface area is 229 Å². The van der Waals surface area contributed by atoms with E-state index in [1.54, 1.807) is 0 Å². The van der Waals surface area contributed by atoms with Gasteiger partial charge >= 0.3 is 6.03 Å². The highest BCUT2D eigenvalue weighted by Gasteiger charge is 2.30. The number of morpholine rings is 1. The third-order valence-corrected chi connectivity index (χ3v) is 7.94. The average Bonchev–Trinajstić information content (AvgIpc) is 2.94. The molecule has 0 spiro atoms. The Morgan fingerprint density at radius 1 is 1.10 bits per heavy atom. The van der Waals surface area contributed by atoms with Crippen LogP contribution in [0.3, 0.4) is 0 Å². The molecule has 204 valence electrons. The lowest BCUT2D eigenvalue weighted by Crippen LogP contribution is -2.47. The van der Waals surface area contributed by atoms with Gasteiger partial charge in [-0.1, -0.05) is 6.92 Å². The SMILES string of the molecule is CCC1COCCN1c1nc(-c2ccc(NC(=O)NC3CCC3)cc2)nc2c1CCN(c1ccnc(C)n1)C2. The van der Waals surface area contributed by atoms with Crippen LogP contribution in [0.15, 0.2) is 36.5 Å². The van der Waals surface area contributed by atoms with E-state index in [1.165, 1.54) is 12.0 Å². The fraction of sp³-hybridized carbons (Fsp3) is 0.483. The van der Waals surface area contributed by atoms with Crippen molar-refractivity contribution in [2.45, 2.75) is 64.6 Å². The van der Waals surface area contributed by atoms with E-state index < -0.39 is 0 Å². The molecule has 4 heterocycles. The van der Waals surface area contributed by atoms with Crippen LogP contribution in [-0.4, -0.2) is 64.4 Å². The summed E-state index contributed by atoms with van der Waals surface area (Å²) in [7, 11) is 0. The van der Waals surface area contributed by atoms with Crippen LogP contribution in [0.25, 0.3) is 11.4 Å². The molecular formula is C29H36N8O2. The normalized spacial score (nSPS) is 19.3. The standard InChI is InChI=1S/C29H36N8O2/c1-3-23-18-39-16-15-37(23)28-24-12-14-36(26-11-13-30-19(2)31-26)17-25(24)34-27(35-28)20-7-9-22(10-8-20)33-29(38)32-21-5-4-6-21/h7-11,13,21,23H,3-6,12,14-18H2,1-2H3,(H2,32,33,38). The van der Waals surface area contributed by atoms with E-state index in [-0.39, 0.29) is 12.1 Å². The van der Waals surface area contributed by atoms with Crippen molar-refractivity contribution in [3.63, 3.8) is 0 Å². The molecule has 10 nitrogen and oxygen atoms in total. The van der Waals surface area contributed by atoms with Crippen molar-refractivity contribution in [2.75, 3.05) is 41.4 Å². The highest BCUT2D eigenvalue weighted by molar-refractivity contribution is 5.89. The van der Waals surface area contributed by atoms with Gasteiger partial charge in [0.25, 0.3) is 0 Å². The summed E-state index contributed by atoms with van der Waals surface area (Å²) in [6.07, 6.45) is 6.94. The minimum Gasteiger partial charge on any atom is -0.377 e. The largest absolute Gasteiger partial charge is 0.377 e. The smallest absolute Gasteiger partial charge is 0.319 e. The van der Waals surface area contributed by atoms with Crippen molar-refractivity contribution in [3.05, 3.63) is 53.6 Å². The maximum Gasteiger partial charge on any atom is 0.319 e. The van der Waals surface area contributed by atoms with E-state index in [0.29, 0.717) is 31.6 Å². The van der Waals surface area contributed by atoms with Gasteiger partial charge in [-0.25, -0.2) is 24.7 Å². The lowest BCUT2D eigenvalue weighted by atomic mass is 9.93. The van der Waals surface area contributed by atoms with Gasteiger partial charge in [-0.05, 0) is 69.4 Å². The summed E-state index contributed by atoms with van der Waals surface area (Å²) in [6, 6.07) is 10.2. The highest BCUT2D eigenvalue weighted by Crippen LogP contribution is 2.33. The Balaban J connectivity index is 1.31. The number of urea groups is 1. The van der Waals surface area contributed by atoms with Crippen LogP contribution in [0.5, 0.6) is 0 Å². The zero-order valence-corrected chi connectivity index (χ0v) is 22.7. The second kappa shape index (κ2) is 11.1. The molecule has 6 rings (SSSR count). The molecule has 2 aliphatic heterocycles. The number of carbonyl (C=O) groups is 1. The minimum absolute atomic E-state index is 0.155. The summed E-state index contributed by atoms with van der Waals surface area (Å²) < 4.78 is 5.80. The molecule has 2 aromatic heterocycles. The van der Waals surface area contributed by atoms with Gasteiger partial charge in [0.2, 0.25) is 0 Å². The lowest BCUT2D eigenvalue weighted by Gasteiger charge is -2.39. The molecule has 10 heteroatoms. The summed E-state index contributed by atoms with van der Waals surface area (Å²) in [4.78, 5) is 36.1. The molecular weight excluding hydrogens is 492 g/mol. The van der Waals surface area contributed by atoms with Crippen LogP contribution < -0.4 is 20.4 Å². The molecule has 39 heavy (non-hydrogen) atoms. The molecule has 1 saturated heterocycles. The molecule has 3 aromatic rings. The number of fused-ring (bicyclic) bond motifs is 1. The Morgan fingerprint density at radius 3 is 2.69 bits per heavy atom. The fourth-order valence-electron chi connectivity index (χ4n) is 5.47. The first-order valence-electron chi connectivity index (χ1n) is 14.0. The molecule has 0 radical (unpaired) electrons. The molecule has 1 saturated carbocycles. The molecule has 0 bridgehead atoms. The number of aromatic nitrogens is 4. The summed E-state index contributed by atoms with van der Waals surface area (Å²) >= 11 is 0. The number of hydrogen-bond donors (Lipinski definition) is 2. The number of aryl methyl sites for hydroxylation is 1. The number of ether oxygens (including phenoxy) is 1. The first-order chi connectivity index (χ1) is 19.1. The number of hydrogen-bond acceptors (Lipinski definition) is 8. The van der Waals surface area contributed by atoms with Gasteiger partial charge in [0.15, 0.2) is 5.82 Å². The third kappa shape index (κ3) is 5.52. The Kier molecular flexibility index (Phi) is 7.28. The summed E-state index contributed by atoms with van der Waals surface area (Å²) in [5, 5.41) is 5.96. The molecule has 3 aliphatic rings. The number of rotatable bonds is 6. The van der Waals surface area contributed by atoms with Crippen molar-refractivity contribution in [3.8, 4) is 11.4 Å². The van der Waals surface area contributed by atoms with E-state index in [2.05, 4.69) is 37.3 Å². The molecule has 2 N–H and O–H groups in total. The maximum atomic E-state index is 12.3. The molecule has 2 amide bonds. The first kappa shape index (κ1) is 25.5. The van der Waals surface area contributed by atoms with Crippen LogP contribution >= 0.6 is 0 Å². The predicted octanol–water partition coefficient (Wildman–Crippen LogP) is 4.09. The van der Waals surface area contributed by atoms with E-state index >= 15 is 0 Å². The monoisotopic (exact) mass is 528 g/mol. The second-order valence-corrected chi connectivity index (χ2v) is 10.6. The summed E-state index contributed by atoms with van der Waals surface area (Å²) in [6.45, 7) is 7.85. The van der Waals surface area contributed by atoms with Gasteiger partial charge in [-0.2, -0.15) is 0 Å². The van der Waals surface area contributed by atoms with E-state index in [4.69, 9.17) is 14.7 Å². The number of carbonyl (C=O) groups excluding carboxylic acids is 1. The maximum absolute atomic E-state index is 12.3. The van der Waals surface area contributed by atoms with Crippen molar-refractivity contribution in [2.24, 2.45) is 0 Å². The fourth-order valence-corrected chi connectivity index (χ4v) is 5.47. The quantitative estimate of drug-likeness (QED) is 0.493. The summed E-state index contributed by atoms with van der Waals surface area (Å²) in [5.41, 5.74) is 3.91. The number of amides is 2. The minimum atomic E-state index is -0.155. The van der Waals surface area contributed by atoms with Crippen molar-refractivity contribution in [1.82, 2.24) is 25.3 Å². The Bertz CT molecular complexity index is 1330. The Morgan fingerprint density at radius 2 is 1.95 bits per heavy atom. The summed E-state index contributed by atoms with van der Waals surface area (Å²) in [5.74, 6) is 3.39. The van der Waals surface area contributed by atoms with Gasteiger partial charge in [0, 0.05) is 42.1 Å². The van der Waals surface area contributed by atoms with Gasteiger partial charge in [0.1, 0.15) is 17.5 Å². The van der Waals surface area contributed by atoms with E-state index in [0.717, 1.165) is 73.2 Å². The lowest BCUT2D eigenvalue weighted by molar-refractivity contribution is 0.0924. The first-order valence-corrected chi connectivity index (χ1v) is 14.0. The van der Waals surface area contributed by atoms with Crippen LogP contribution in [0.1, 0.15) is 49.7 Å². The van der Waals surface area contributed by atoms with Crippen LogP contribution in [0, 0.1) is 6.92 Å². The topological polar surface area (TPSA) is 108 Å². The highest BCUT2D eigenvalue weighted by atomic mass is 16.5. The predicted molar refractivity (Wildman–Crippen MR) is 151 cm³/mol. The van der Waals surface area contributed by atoms with Crippen molar-refractivity contribution >= 4 is 23.4 Å². The average molecular weight is 529 g/mol. The molecule has 1 atom stereocenters. The molecule has 1 aliphatic carbocycles. The number of anilines is 3. The molecule has 1 aromatic carbocycles. The van der Waals surface area contributed by atoms with Crippen molar-refractivity contribution < 1.29 is 9.53 Å². The van der Waals surface area contributed by atoms with Crippen LogP contribution in [0.4, 0.5) is 22.1 Å². The Hall–Kier alpha value is -3.79. The van der Waals surface area contributed by atoms with E-state index in [1.807, 2.05) is 43.5 Å². The third-order valence-electron chi connectivity index (χ3n) is 7.94. The van der Waals surface area contributed by atoms with Gasteiger partial charge in [-0.3, -0.25) is 0 Å². The number of nitrogens with zero attached hydrogens (tertiary/aromatic N) is 6. The zero-order chi connectivity index (χ0) is 26.8. The van der Waals surface area contributed by atoms with Gasteiger partial charge in [-0.15, -0.1) is 0 Å². The second-order valence-electron chi connectivity index (χ2n) is 10.6. The van der Waals surface area contributed by atoms with Gasteiger partial charge < -0.3 is 25.2 Å². The number of nitrogens with one attached hydrogen (secondary N) is 2. The van der Waals surface area contributed by atoms with Crippen LogP contribution in [0.2, 0.25) is 0 Å². The van der Waals surface area contributed by atoms with E-state index in [9.17, 15) is 4.79 Å².